The molecule has 0 spiro atoms. The molecule has 1 aliphatic heterocycles. The Hall–Kier alpha value is -1.56. The molecule has 5 nitrogen and oxygen atoms in total. The summed E-state index contributed by atoms with van der Waals surface area (Å²) in [6.45, 7) is 3.04. The van der Waals surface area contributed by atoms with Crippen LogP contribution in [0.1, 0.15) is 30.1 Å². The fraction of sp³-hybridized carbons (Fsp3) is 0.467. The number of likely N-dealkylation sites (tertiary alicyclic amines) is 1. The van der Waals surface area contributed by atoms with E-state index in [1.807, 2.05) is 0 Å². The van der Waals surface area contributed by atoms with E-state index in [9.17, 15) is 14.7 Å². The van der Waals surface area contributed by atoms with Crippen molar-refractivity contribution < 1.29 is 19.4 Å². The molecule has 0 bridgehead atoms. The highest BCUT2D eigenvalue weighted by molar-refractivity contribution is 9.10. The number of benzene rings is 1. The first kappa shape index (κ1) is 15.8. The van der Waals surface area contributed by atoms with Gasteiger partial charge in [0.2, 0.25) is 0 Å². The van der Waals surface area contributed by atoms with Crippen LogP contribution in [0.25, 0.3) is 0 Å². The number of piperidine rings is 1. The summed E-state index contributed by atoms with van der Waals surface area (Å²) < 4.78 is 5.73. The van der Waals surface area contributed by atoms with Crippen LogP contribution in [0.3, 0.4) is 0 Å². The zero-order valence-corrected chi connectivity index (χ0v) is 13.4. The number of carbonyl (C=O) groups excluding carboxylic acids is 2. The molecule has 0 saturated carbocycles. The van der Waals surface area contributed by atoms with Gasteiger partial charge in [-0.15, -0.1) is 0 Å². The average molecular weight is 356 g/mol. The third-order valence-electron chi connectivity index (χ3n) is 3.52. The largest absolute Gasteiger partial charge is 0.507 e. The molecule has 1 aliphatic rings. The first-order valence-corrected chi connectivity index (χ1v) is 7.76. The molecular weight excluding hydrogens is 338 g/mol. The Morgan fingerprint density at radius 3 is 2.90 bits per heavy atom. The monoisotopic (exact) mass is 355 g/mol. The lowest BCUT2D eigenvalue weighted by atomic mass is 9.97. The van der Waals surface area contributed by atoms with Crippen molar-refractivity contribution in [3.63, 3.8) is 0 Å². The number of rotatable bonds is 3. The highest BCUT2D eigenvalue weighted by Gasteiger charge is 2.30. The molecule has 0 unspecified atom stereocenters. The van der Waals surface area contributed by atoms with Gasteiger partial charge in [-0.2, -0.15) is 0 Å². The summed E-state index contributed by atoms with van der Waals surface area (Å²) in [6.07, 6.45) is 1.49. The Bertz CT molecular complexity index is 546. The summed E-state index contributed by atoms with van der Waals surface area (Å²) in [5.41, 5.74) is 0.253. The van der Waals surface area contributed by atoms with Crippen molar-refractivity contribution in [2.24, 2.45) is 5.92 Å². The minimum atomic E-state index is -0.278. The van der Waals surface area contributed by atoms with Gasteiger partial charge in [0.1, 0.15) is 5.75 Å². The van der Waals surface area contributed by atoms with Gasteiger partial charge in [-0.25, -0.2) is 0 Å². The number of aromatic hydroxyl groups is 1. The van der Waals surface area contributed by atoms with Crippen molar-refractivity contribution >= 4 is 27.8 Å². The van der Waals surface area contributed by atoms with Gasteiger partial charge in [0.25, 0.3) is 5.91 Å². The summed E-state index contributed by atoms with van der Waals surface area (Å²) in [4.78, 5) is 25.9. The Morgan fingerprint density at radius 1 is 1.48 bits per heavy atom. The Balaban J connectivity index is 2.10. The number of hydrogen-bond donors (Lipinski definition) is 1. The second kappa shape index (κ2) is 6.93. The predicted molar refractivity (Wildman–Crippen MR) is 81.1 cm³/mol. The Labute approximate surface area is 132 Å². The predicted octanol–water partition coefficient (Wildman–Crippen LogP) is 2.57. The molecule has 1 fully saturated rings. The van der Waals surface area contributed by atoms with Crippen molar-refractivity contribution in [1.82, 2.24) is 4.90 Å². The molecule has 2 rings (SSSR count). The van der Waals surface area contributed by atoms with Crippen LogP contribution in [0, 0.1) is 5.92 Å². The zero-order chi connectivity index (χ0) is 15.4. The molecule has 0 aromatic heterocycles. The Morgan fingerprint density at radius 2 is 2.24 bits per heavy atom. The summed E-state index contributed by atoms with van der Waals surface area (Å²) in [5, 5.41) is 9.88. The van der Waals surface area contributed by atoms with E-state index >= 15 is 0 Å². The number of esters is 1. The normalized spacial score (nSPS) is 18.4. The number of phenolic OH excluding ortho intramolecular Hbond substituents is 1. The zero-order valence-electron chi connectivity index (χ0n) is 11.8. The molecule has 0 radical (unpaired) electrons. The summed E-state index contributed by atoms with van der Waals surface area (Å²) in [6, 6.07) is 4.77. The van der Waals surface area contributed by atoms with Crippen LogP contribution in [0.2, 0.25) is 0 Å². The number of hydrogen-bond acceptors (Lipinski definition) is 4. The lowest BCUT2D eigenvalue weighted by Crippen LogP contribution is -2.42. The van der Waals surface area contributed by atoms with E-state index in [2.05, 4.69) is 15.9 Å². The fourth-order valence-corrected chi connectivity index (χ4v) is 2.82. The second-order valence-electron chi connectivity index (χ2n) is 5.00. The van der Waals surface area contributed by atoms with Gasteiger partial charge in [0.15, 0.2) is 0 Å². The molecule has 1 N–H and O–H groups in total. The minimum absolute atomic E-state index is 0.0624. The third-order valence-corrected chi connectivity index (χ3v) is 4.01. The van der Waals surface area contributed by atoms with Gasteiger partial charge >= 0.3 is 5.97 Å². The van der Waals surface area contributed by atoms with Crippen LogP contribution < -0.4 is 0 Å². The van der Waals surface area contributed by atoms with Crippen molar-refractivity contribution in [1.29, 1.82) is 0 Å². The van der Waals surface area contributed by atoms with Crippen molar-refractivity contribution in [2.45, 2.75) is 19.8 Å². The van der Waals surface area contributed by atoms with Crippen LogP contribution in [-0.2, 0) is 9.53 Å². The summed E-state index contributed by atoms with van der Waals surface area (Å²) >= 11 is 3.24. The molecule has 1 heterocycles. The molecule has 1 saturated heterocycles. The van der Waals surface area contributed by atoms with Crippen LogP contribution in [-0.4, -0.2) is 41.6 Å². The van der Waals surface area contributed by atoms with E-state index in [1.165, 1.54) is 6.07 Å². The van der Waals surface area contributed by atoms with Crippen LogP contribution in [0.4, 0.5) is 0 Å². The summed E-state index contributed by atoms with van der Waals surface area (Å²) in [7, 11) is 0. The second-order valence-corrected chi connectivity index (χ2v) is 5.92. The maximum Gasteiger partial charge on any atom is 0.310 e. The molecule has 1 aromatic carbocycles. The minimum Gasteiger partial charge on any atom is -0.507 e. The molecule has 1 aromatic rings. The lowest BCUT2D eigenvalue weighted by molar-refractivity contribution is -0.149. The van der Waals surface area contributed by atoms with E-state index in [4.69, 9.17) is 4.74 Å². The standard InChI is InChI=1S/C15H18BrNO4/c1-2-21-15(20)10-4-3-7-17(9-10)14(19)12-6-5-11(16)8-13(12)18/h5-6,8,10,18H,2-4,7,9H2,1H3/t10-/m0/s1. The average Bonchev–Trinajstić information content (AvgIpc) is 2.47. The maximum atomic E-state index is 12.5. The van der Waals surface area contributed by atoms with E-state index in [0.717, 1.165) is 12.8 Å². The van der Waals surface area contributed by atoms with E-state index < -0.39 is 0 Å². The summed E-state index contributed by atoms with van der Waals surface area (Å²) in [5.74, 6) is -0.850. The van der Waals surface area contributed by atoms with Crippen molar-refractivity contribution in [3.8, 4) is 5.75 Å². The number of halogens is 1. The quantitative estimate of drug-likeness (QED) is 0.846. The smallest absolute Gasteiger partial charge is 0.310 e. The number of nitrogens with zero attached hydrogens (tertiary/aromatic N) is 1. The Kier molecular flexibility index (Phi) is 5.22. The van der Waals surface area contributed by atoms with Crippen LogP contribution in [0.5, 0.6) is 5.75 Å². The van der Waals surface area contributed by atoms with E-state index in [0.29, 0.717) is 24.2 Å². The lowest BCUT2D eigenvalue weighted by Gasteiger charge is -2.31. The number of ether oxygens (including phenoxy) is 1. The van der Waals surface area contributed by atoms with Crippen LogP contribution in [0.15, 0.2) is 22.7 Å². The van der Waals surface area contributed by atoms with Gasteiger partial charge in [-0.3, -0.25) is 9.59 Å². The first-order chi connectivity index (χ1) is 10.0. The van der Waals surface area contributed by atoms with Gasteiger partial charge in [0.05, 0.1) is 18.1 Å². The highest BCUT2D eigenvalue weighted by Crippen LogP contribution is 2.26. The molecule has 1 atom stereocenters. The number of phenols is 1. The number of carbonyl (C=O) groups is 2. The fourth-order valence-electron chi connectivity index (χ4n) is 2.47. The van der Waals surface area contributed by atoms with Gasteiger partial charge in [0, 0.05) is 17.6 Å². The van der Waals surface area contributed by atoms with E-state index in [-0.39, 0.29) is 29.1 Å². The van der Waals surface area contributed by atoms with Gasteiger partial charge < -0.3 is 14.7 Å². The topological polar surface area (TPSA) is 66.8 Å². The van der Waals surface area contributed by atoms with E-state index in [1.54, 1.807) is 24.0 Å². The SMILES string of the molecule is CCOC(=O)[C@H]1CCCN(C(=O)c2ccc(Br)cc2O)C1. The molecular formula is C15H18BrNO4. The molecule has 1 amide bonds. The number of amides is 1. The van der Waals surface area contributed by atoms with Gasteiger partial charge in [-0.05, 0) is 38.0 Å². The molecule has 114 valence electrons. The van der Waals surface area contributed by atoms with Crippen LogP contribution >= 0.6 is 15.9 Å². The third kappa shape index (κ3) is 3.75. The highest BCUT2D eigenvalue weighted by atomic mass is 79.9. The molecule has 21 heavy (non-hydrogen) atoms. The molecule has 6 heteroatoms. The first-order valence-electron chi connectivity index (χ1n) is 6.97. The van der Waals surface area contributed by atoms with Crippen molar-refractivity contribution in [3.05, 3.63) is 28.2 Å². The van der Waals surface area contributed by atoms with Gasteiger partial charge in [-0.1, -0.05) is 15.9 Å². The molecule has 0 aliphatic carbocycles. The van der Waals surface area contributed by atoms with Crippen molar-refractivity contribution in [2.75, 3.05) is 19.7 Å². The maximum absolute atomic E-state index is 12.5.